The van der Waals surface area contributed by atoms with Crippen LogP contribution in [0.4, 0.5) is 5.69 Å². The average Bonchev–Trinajstić information content (AvgIpc) is 3.24. The third kappa shape index (κ3) is 3.94. The molecule has 2 aromatic carbocycles. The molecule has 4 rings (SSSR count). The highest BCUT2D eigenvalue weighted by Crippen LogP contribution is 2.28. The topological polar surface area (TPSA) is 148 Å². The first kappa shape index (κ1) is 21.8. The molecule has 0 radical (unpaired) electrons. The first-order chi connectivity index (χ1) is 15.7. The van der Waals surface area contributed by atoms with E-state index >= 15 is 0 Å². The Balaban J connectivity index is 1.72. The Bertz CT molecular complexity index is 1400. The number of benzene rings is 2. The van der Waals surface area contributed by atoms with Gasteiger partial charge in [0.2, 0.25) is 0 Å². The second-order valence-electron chi connectivity index (χ2n) is 7.51. The van der Waals surface area contributed by atoms with Crippen molar-refractivity contribution < 1.29 is 24.9 Å². The summed E-state index contributed by atoms with van der Waals surface area (Å²) in [6, 6.07) is 12.0. The summed E-state index contributed by atoms with van der Waals surface area (Å²) in [5.74, 6) is -2.21. The average molecular weight is 448 g/mol. The number of hydrogen-bond donors (Lipinski definition) is 4. The molecular formula is C23H20N4O6. The van der Waals surface area contributed by atoms with Crippen molar-refractivity contribution in [1.29, 1.82) is 0 Å². The summed E-state index contributed by atoms with van der Waals surface area (Å²) in [6.07, 6.45) is 0.294. The lowest BCUT2D eigenvalue weighted by atomic mass is 10.1. The van der Waals surface area contributed by atoms with Gasteiger partial charge in [0.25, 0.3) is 5.56 Å². The molecule has 168 valence electrons. The van der Waals surface area contributed by atoms with E-state index in [-0.39, 0.29) is 16.7 Å². The number of aromatic nitrogens is 2. The van der Waals surface area contributed by atoms with E-state index in [1.165, 1.54) is 40.0 Å². The van der Waals surface area contributed by atoms with E-state index in [2.05, 4.69) is 10.2 Å². The lowest BCUT2D eigenvalue weighted by Crippen LogP contribution is -2.27. The number of anilines is 1. The number of aliphatic hydroxyl groups excluding tert-OH is 1. The fourth-order valence-electron chi connectivity index (χ4n) is 3.60. The summed E-state index contributed by atoms with van der Waals surface area (Å²) in [6.45, 7) is 3.36. The van der Waals surface area contributed by atoms with Gasteiger partial charge in [-0.1, -0.05) is 12.1 Å². The fraction of sp³-hybridized carbons (Fsp3) is 0.130. The summed E-state index contributed by atoms with van der Waals surface area (Å²) in [5.41, 5.74) is 2.05. The monoisotopic (exact) mass is 448 g/mol. The van der Waals surface area contributed by atoms with Crippen molar-refractivity contribution in [2.45, 2.75) is 20.1 Å². The molecule has 2 heterocycles. The molecule has 1 aliphatic rings. The molecule has 0 bridgehead atoms. The Hall–Kier alpha value is -4.44. The van der Waals surface area contributed by atoms with Gasteiger partial charge in [0, 0.05) is 11.3 Å². The van der Waals surface area contributed by atoms with Gasteiger partial charge in [-0.3, -0.25) is 9.89 Å². The van der Waals surface area contributed by atoms with Crippen LogP contribution in [0.5, 0.6) is 0 Å². The minimum atomic E-state index is -1.23. The zero-order valence-corrected chi connectivity index (χ0v) is 17.7. The van der Waals surface area contributed by atoms with Crippen LogP contribution in [0.2, 0.25) is 0 Å². The Morgan fingerprint density at radius 2 is 1.58 bits per heavy atom. The molecule has 0 aliphatic carbocycles. The molecule has 1 aliphatic heterocycles. The summed E-state index contributed by atoms with van der Waals surface area (Å²) in [4.78, 5) is 35.6. The van der Waals surface area contributed by atoms with E-state index in [1.54, 1.807) is 38.1 Å². The van der Waals surface area contributed by atoms with Gasteiger partial charge in [-0.15, -0.1) is 0 Å². The van der Waals surface area contributed by atoms with Gasteiger partial charge in [0.1, 0.15) is 0 Å². The number of hydrazone groups is 1. The largest absolute Gasteiger partial charge is 0.478 e. The van der Waals surface area contributed by atoms with Gasteiger partial charge in [0.05, 0.1) is 33.8 Å². The van der Waals surface area contributed by atoms with Crippen LogP contribution in [0.25, 0.3) is 11.8 Å². The molecule has 0 fully saturated rings. The fourth-order valence-corrected chi connectivity index (χ4v) is 3.60. The number of nitrogens with zero attached hydrogens (tertiary/aromatic N) is 3. The van der Waals surface area contributed by atoms with Crippen LogP contribution in [0.15, 0.2) is 64.0 Å². The highest BCUT2D eigenvalue weighted by molar-refractivity contribution is 6.06. The highest BCUT2D eigenvalue weighted by atomic mass is 16.4. The van der Waals surface area contributed by atoms with Crippen molar-refractivity contribution in [2.75, 3.05) is 5.01 Å². The number of nitrogens with one attached hydrogen (secondary N) is 1. The predicted octanol–water partition coefficient (Wildman–Crippen LogP) is 2.47. The number of carboxylic acids is 2. The lowest BCUT2D eigenvalue weighted by Gasteiger charge is -2.20. The van der Waals surface area contributed by atoms with Crippen molar-refractivity contribution in [3.05, 3.63) is 86.8 Å². The van der Waals surface area contributed by atoms with Crippen molar-refractivity contribution in [3.63, 3.8) is 0 Å². The molecule has 0 amide bonds. The number of aromatic amines is 1. The second kappa shape index (κ2) is 8.24. The third-order valence-corrected chi connectivity index (χ3v) is 5.31. The molecule has 1 aromatic heterocycles. The molecule has 0 saturated heterocycles. The number of H-pyrrole nitrogens is 1. The van der Waals surface area contributed by atoms with E-state index in [0.717, 1.165) is 0 Å². The summed E-state index contributed by atoms with van der Waals surface area (Å²) < 4.78 is 1.23. The van der Waals surface area contributed by atoms with E-state index in [1.807, 2.05) is 0 Å². The number of rotatable bonds is 5. The van der Waals surface area contributed by atoms with Crippen LogP contribution in [0, 0.1) is 6.92 Å². The molecule has 3 aromatic rings. The van der Waals surface area contributed by atoms with Gasteiger partial charge in [-0.25, -0.2) is 19.3 Å². The first-order valence-electron chi connectivity index (χ1n) is 9.90. The Morgan fingerprint density at radius 1 is 1.00 bits per heavy atom. The number of aryl methyl sites for hydroxylation is 1. The standard InChI is InChI=1S/C23H20N4O6/c1-12-18(20(28)26(24-12)16-7-3-5-14(9-16)22(30)31)11-19-13(2)25-27(21(19)29)17-8-4-6-15(10-17)23(32)33/h3-11,20,25,28H,1-2H3,(H,30,31)(H,32,33)/b18-11-. The highest BCUT2D eigenvalue weighted by Gasteiger charge is 2.30. The van der Waals surface area contributed by atoms with Crippen LogP contribution in [0.3, 0.4) is 0 Å². The number of aliphatic hydroxyl groups is 1. The van der Waals surface area contributed by atoms with Crippen molar-refractivity contribution in [1.82, 2.24) is 9.78 Å². The maximum Gasteiger partial charge on any atom is 0.335 e. The van der Waals surface area contributed by atoms with Crippen molar-refractivity contribution >= 4 is 29.4 Å². The summed E-state index contributed by atoms with van der Waals surface area (Å²) in [7, 11) is 0. The number of carboxylic acid groups (broad SMARTS) is 2. The Morgan fingerprint density at radius 3 is 2.18 bits per heavy atom. The molecule has 4 N–H and O–H groups in total. The lowest BCUT2D eigenvalue weighted by molar-refractivity contribution is 0.0686. The first-order valence-corrected chi connectivity index (χ1v) is 9.90. The molecule has 33 heavy (non-hydrogen) atoms. The van der Waals surface area contributed by atoms with E-state index in [4.69, 9.17) is 0 Å². The molecule has 10 nitrogen and oxygen atoms in total. The zero-order chi connectivity index (χ0) is 23.9. The third-order valence-electron chi connectivity index (χ3n) is 5.31. The number of aromatic carboxylic acids is 2. The SMILES string of the molecule is CC1=NN(c2cccc(C(=O)O)c2)C(O)/C1=C\c1c(C)[nH]n(-c2cccc(C(=O)O)c2)c1=O. The zero-order valence-electron chi connectivity index (χ0n) is 17.7. The minimum absolute atomic E-state index is 0.0417. The van der Waals surface area contributed by atoms with Gasteiger partial charge < -0.3 is 15.3 Å². The normalized spacial score (nSPS) is 16.8. The van der Waals surface area contributed by atoms with Gasteiger partial charge in [-0.2, -0.15) is 5.10 Å². The van der Waals surface area contributed by atoms with Crippen LogP contribution < -0.4 is 10.6 Å². The van der Waals surface area contributed by atoms with Gasteiger partial charge >= 0.3 is 11.9 Å². The molecule has 0 spiro atoms. The summed E-state index contributed by atoms with van der Waals surface area (Å²) >= 11 is 0. The molecule has 1 unspecified atom stereocenters. The molecule has 10 heteroatoms. The Kier molecular flexibility index (Phi) is 5.44. The molecular weight excluding hydrogens is 428 g/mol. The second-order valence-corrected chi connectivity index (χ2v) is 7.51. The predicted molar refractivity (Wildman–Crippen MR) is 121 cm³/mol. The summed E-state index contributed by atoms with van der Waals surface area (Å²) in [5, 5.41) is 37.9. The molecule has 0 saturated carbocycles. The van der Waals surface area contributed by atoms with Crippen LogP contribution in [0.1, 0.15) is 38.9 Å². The van der Waals surface area contributed by atoms with E-state index in [0.29, 0.717) is 28.4 Å². The van der Waals surface area contributed by atoms with Gasteiger partial charge in [-0.05, 0) is 56.3 Å². The quantitative estimate of drug-likeness (QED) is 0.468. The van der Waals surface area contributed by atoms with Gasteiger partial charge in [0.15, 0.2) is 6.23 Å². The smallest absolute Gasteiger partial charge is 0.335 e. The molecule has 1 atom stereocenters. The maximum atomic E-state index is 13.1. The maximum absolute atomic E-state index is 13.1. The number of hydrogen-bond acceptors (Lipinski definition) is 6. The van der Waals surface area contributed by atoms with Crippen LogP contribution >= 0.6 is 0 Å². The van der Waals surface area contributed by atoms with Crippen molar-refractivity contribution in [3.8, 4) is 5.69 Å². The van der Waals surface area contributed by atoms with E-state index in [9.17, 15) is 29.7 Å². The van der Waals surface area contributed by atoms with Crippen LogP contribution in [-0.2, 0) is 0 Å². The number of carbonyl (C=O) groups is 2. The van der Waals surface area contributed by atoms with Crippen molar-refractivity contribution in [2.24, 2.45) is 5.10 Å². The van der Waals surface area contributed by atoms with Crippen LogP contribution in [-0.4, -0.2) is 49.0 Å². The van der Waals surface area contributed by atoms with E-state index < -0.39 is 23.7 Å². The minimum Gasteiger partial charge on any atom is -0.478 e. The Labute approximate surface area is 187 Å².